The van der Waals surface area contributed by atoms with Gasteiger partial charge < -0.3 is 33.8 Å². The van der Waals surface area contributed by atoms with Gasteiger partial charge in [0.15, 0.2) is 12.2 Å². The number of aliphatic hydroxyl groups excluding tert-OH is 1. The van der Waals surface area contributed by atoms with Crippen molar-refractivity contribution >= 4 is 39.5 Å². The van der Waals surface area contributed by atoms with E-state index >= 15 is 0 Å². The molecule has 3 N–H and O–H groups in total. The van der Waals surface area contributed by atoms with Gasteiger partial charge in [-0.1, -0.05) is 433 Å². The zero-order valence-corrected chi connectivity index (χ0v) is 72.8. The molecule has 0 heterocycles. The monoisotopic (exact) mass is 1580 g/mol. The molecule has 642 valence electrons. The fourth-order valence-corrected chi connectivity index (χ4v) is 15.6. The van der Waals surface area contributed by atoms with Gasteiger partial charge in [0.1, 0.15) is 19.3 Å². The Hall–Kier alpha value is -1.94. The minimum Gasteiger partial charge on any atom is -0.462 e. The first-order valence-corrected chi connectivity index (χ1v) is 49.1. The lowest BCUT2D eigenvalue weighted by Crippen LogP contribution is -2.30. The fraction of sp³-hybridized carbons (Fsp3) is 0.955. The molecule has 0 radical (unpaired) electrons. The molecule has 0 spiro atoms. The van der Waals surface area contributed by atoms with E-state index in [1.165, 1.54) is 308 Å². The number of unbranched alkanes of at least 4 members (excludes halogenated alkanes) is 61. The molecule has 0 aromatic carbocycles. The zero-order chi connectivity index (χ0) is 79.0. The molecule has 0 saturated heterocycles. The Bertz CT molecular complexity index is 2050. The first-order chi connectivity index (χ1) is 52.5. The number of esters is 4. The number of phosphoric acid groups is 2. The smallest absolute Gasteiger partial charge is 0.462 e. The van der Waals surface area contributed by atoms with Crippen LogP contribution in [0.5, 0.6) is 0 Å². The first kappa shape index (κ1) is 106. The van der Waals surface area contributed by atoms with Gasteiger partial charge in [-0.05, 0) is 31.6 Å². The molecule has 0 amide bonds. The van der Waals surface area contributed by atoms with E-state index < -0.39 is 97.5 Å². The molecular weight excluding hydrogens is 1400 g/mol. The Morgan fingerprint density at radius 3 is 0.630 bits per heavy atom. The van der Waals surface area contributed by atoms with E-state index in [4.69, 9.17) is 37.0 Å². The molecule has 0 aliphatic rings. The summed E-state index contributed by atoms with van der Waals surface area (Å²) in [7, 11) is -9.93. The van der Waals surface area contributed by atoms with Crippen molar-refractivity contribution in [2.24, 2.45) is 5.92 Å². The lowest BCUT2D eigenvalue weighted by atomic mass is 10.0. The molecule has 0 aromatic heterocycles. The minimum absolute atomic E-state index is 0.109. The highest BCUT2D eigenvalue weighted by Gasteiger charge is 2.30. The predicted molar refractivity (Wildman–Crippen MR) is 446 cm³/mol. The third-order valence-corrected chi connectivity index (χ3v) is 22.9. The maximum Gasteiger partial charge on any atom is 0.472 e. The van der Waals surface area contributed by atoms with Crippen molar-refractivity contribution in [2.75, 3.05) is 39.6 Å². The van der Waals surface area contributed by atoms with E-state index in [0.29, 0.717) is 25.7 Å². The van der Waals surface area contributed by atoms with Crippen molar-refractivity contribution in [2.45, 2.75) is 502 Å². The van der Waals surface area contributed by atoms with Gasteiger partial charge in [0.05, 0.1) is 26.4 Å². The van der Waals surface area contributed by atoms with E-state index in [2.05, 4.69) is 34.6 Å². The normalized spacial score (nSPS) is 13.7. The van der Waals surface area contributed by atoms with Gasteiger partial charge >= 0.3 is 39.5 Å². The standard InChI is InChI=1S/C89H174O17P2/c1-6-9-12-15-18-21-24-27-29-31-32-33-34-35-36-40-45-50-55-60-65-70-75-89(94)106-85(79-100-87(92)73-68-63-58-53-48-43-41-37-38-42-46-51-56-61-66-71-82(4)5)81-104-108(97,98)102-77-83(90)76-101-107(95,96)103-80-84(78-99-86(91)72-67-62-57-52-47-26-23-20-17-14-11-8-3)105-88(93)74-69-64-59-54-49-44-39-30-28-25-22-19-16-13-10-7-2/h82-85,90H,6-81H2,1-5H3,(H,95,96)(H,97,98)/t83-,84+,85+/m0/s1. The van der Waals surface area contributed by atoms with Gasteiger partial charge in [-0.15, -0.1) is 0 Å². The maximum atomic E-state index is 13.2. The van der Waals surface area contributed by atoms with Gasteiger partial charge in [-0.25, -0.2) is 9.13 Å². The van der Waals surface area contributed by atoms with Crippen molar-refractivity contribution in [1.82, 2.24) is 0 Å². The largest absolute Gasteiger partial charge is 0.472 e. The Kier molecular flexibility index (Phi) is 80.2. The minimum atomic E-state index is -4.97. The number of ether oxygens (including phenoxy) is 4. The molecule has 0 aliphatic heterocycles. The van der Waals surface area contributed by atoms with Crippen LogP contribution in [0.2, 0.25) is 0 Å². The molecule has 0 rings (SSSR count). The van der Waals surface area contributed by atoms with Crippen molar-refractivity contribution in [3.63, 3.8) is 0 Å². The second-order valence-corrected chi connectivity index (χ2v) is 35.4. The van der Waals surface area contributed by atoms with E-state index in [-0.39, 0.29) is 25.7 Å². The molecule has 0 fully saturated rings. The zero-order valence-electron chi connectivity index (χ0n) is 71.0. The SMILES string of the molecule is CCCCCCCCCCCCCCCCCCCCCCCCC(=O)O[C@H](COC(=O)CCCCCCCCCCCCCCCCCC(C)C)COP(=O)(O)OC[C@@H](O)COP(=O)(O)OC[C@@H](COC(=O)CCCCCCCCCCCCCC)OC(=O)CCCCCCCCCCCCCCCCCC. The van der Waals surface area contributed by atoms with Crippen LogP contribution in [0, 0.1) is 5.92 Å². The van der Waals surface area contributed by atoms with Crippen LogP contribution in [0.4, 0.5) is 0 Å². The molecule has 17 nitrogen and oxygen atoms in total. The topological polar surface area (TPSA) is 237 Å². The lowest BCUT2D eigenvalue weighted by Gasteiger charge is -2.21. The van der Waals surface area contributed by atoms with Crippen molar-refractivity contribution in [3.05, 3.63) is 0 Å². The predicted octanol–water partition coefficient (Wildman–Crippen LogP) is 27.5. The summed E-state index contributed by atoms with van der Waals surface area (Å²) < 4.78 is 69.0. The summed E-state index contributed by atoms with van der Waals surface area (Å²) in [6.07, 6.45) is 76.4. The van der Waals surface area contributed by atoms with Crippen LogP contribution in [0.25, 0.3) is 0 Å². The Morgan fingerprint density at radius 1 is 0.250 bits per heavy atom. The molecular formula is C89H174O17P2. The summed E-state index contributed by atoms with van der Waals surface area (Å²) in [6.45, 7) is 7.41. The second kappa shape index (κ2) is 81.6. The van der Waals surface area contributed by atoms with Crippen LogP contribution in [-0.2, 0) is 65.4 Å². The molecule has 0 saturated carbocycles. The quantitative estimate of drug-likeness (QED) is 0.0222. The van der Waals surface area contributed by atoms with E-state index in [9.17, 15) is 43.2 Å². The number of carbonyl (C=O) groups excluding carboxylic acids is 4. The number of hydrogen-bond acceptors (Lipinski definition) is 15. The Morgan fingerprint density at radius 2 is 0.426 bits per heavy atom. The van der Waals surface area contributed by atoms with E-state index in [0.717, 1.165) is 95.8 Å². The van der Waals surface area contributed by atoms with Crippen LogP contribution in [0.3, 0.4) is 0 Å². The van der Waals surface area contributed by atoms with Crippen molar-refractivity contribution in [1.29, 1.82) is 0 Å². The fourth-order valence-electron chi connectivity index (χ4n) is 14.0. The number of aliphatic hydroxyl groups is 1. The highest BCUT2D eigenvalue weighted by molar-refractivity contribution is 7.47. The van der Waals surface area contributed by atoms with Crippen molar-refractivity contribution < 1.29 is 80.2 Å². The Labute approximate surface area is 664 Å². The first-order valence-electron chi connectivity index (χ1n) is 46.1. The van der Waals surface area contributed by atoms with Crippen LogP contribution >= 0.6 is 15.6 Å². The van der Waals surface area contributed by atoms with Crippen LogP contribution in [0.15, 0.2) is 0 Å². The van der Waals surface area contributed by atoms with Crippen LogP contribution < -0.4 is 0 Å². The van der Waals surface area contributed by atoms with Crippen LogP contribution in [0.1, 0.15) is 484 Å². The van der Waals surface area contributed by atoms with E-state index in [1.807, 2.05) is 0 Å². The summed E-state index contributed by atoms with van der Waals surface area (Å²) in [6, 6.07) is 0. The lowest BCUT2D eigenvalue weighted by molar-refractivity contribution is -0.161. The number of phosphoric ester groups is 2. The molecule has 2 unspecified atom stereocenters. The number of rotatable bonds is 89. The number of carbonyl (C=O) groups is 4. The second-order valence-electron chi connectivity index (χ2n) is 32.5. The van der Waals surface area contributed by atoms with Gasteiger partial charge in [0, 0.05) is 25.7 Å². The van der Waals surface area contributed by atoms with Gasteiger partial charge in [-0.2, -0.15) is 0 Å². The van der Waals surface area contributed by atoms with Gasteiger partial charge in [0.25, 0.3) is 0 Å². The highest BCUT2D eigenvalue weighted by atomic mass is 31.2. The Balaban J connectivity index is 5.24. The summed E-state index contributed by atoms with van der Waals surface area (Å²) in [5, 5.41) is 10.7. The highest BCUT2D eigenvalue weighted by Crippen LogP contribution is 2.45. The maximum absolute atomic E-state index is 13.2. The third-order valence-electron chi connectivity index (χ3n) is 21.0. The molecule has 5 atom stereocenters. The summed E-state index contributed by atoms with van der Waals surface area (Å²) in [4.78, 5) is 73.3. The molecule has 0 aromatic rings. The third kappa shape index (κ3) is 82.1. The number of hydrogen-bond donors (Lipinski definition) is 3. The molecule has 0 bridgehead atoms. The van der Waals surface area contributed by atoms with E-state index in [1.54, 1.807) is 0 Å². The van der Waals surface area contributed by atoms with Crippen molar-refractivity contribution in [3.8, 4) is 0 Å². The van der Waals surface area contributed by atoms with Gasteiger partial charge in [-0.3, -0.25) is 37.3 Å². The molecule has 108 heavy (non-hydrogen) atoms. The summed E-state index contributed by atoms with van der Waals surface area (Å²) in [5.41, 5.74) is 0. The molecule has 0 aliphatic carbocycles. The average molecular weight is 1580 g/mol. The van der Waals surface area contributed by atoms with Gasteiger partial charge in [0.2, 0.25) is 0 Å². The molecule has 19 heteroatoms. The average Bonchev–Trinajstić information content (AvgIpc) is 0.898. The summed E-state index contributed by atoms with van der Waals surface area (Å²) >= 11 is 0. The summed E-state index contributed by atoms with van der Waals surface area (Å²) in [5.74, 6) is -1.29. The van der Waals surface area contributed by atoms with Crippen LogP contribution in [-0.4, -0.2) is 96.7 Å².